The van der Waals surface area contributed by atoms with Crippen LogP contribution in [0, 0.1) is 5.92 Å². The van der Waals surface area contributed by atoms with Gasteiger partial charge in [-0.3, -0.25) is 4.98 Å². The third-order valence-corrected chi connectivity index (χ3v) is 4.53. The van der Waals surface area contributed by atoms with Gasteiger partial charge in [0.2, 0.25) is 5.88 Å². The third kappa shape index (κ3) is 2.66. The van der Waals surface area contributed by atoms with Gasteiger partial charge in [0, 0.05) is 6.04 Å². The summed E-state index contributed by atoms with van der Waals surface area (Å²) >= 11 is 0. The van der Waals surface area contributed by atoms with Gasteiger partial charge < -0.3 is 14.7 Å². The molecule has 6 heteroatoms. The van der Waals surface area contributed by atoms with Gasteiger partial charge in [0.15, 0.2) is 5.82 Å². The first-order valence-corrected chi connectivity index (χ1v) is 7.66. The molecule has 1 saturated carbocycles. The van der Waals surface area contributed by atoms with Gasteiger partial charge in [-0.25, -0.2) is 4.79 Å². The topological polar surface area (TPSA) is 75.5 Å². The summed E-state index contributed by atoms with van der Waals surface area (Å²) in [4.78, 5) is 22.2. The van der Waals surface area contributed by atoms with E-state index < -0.39 is 12.0 Å². The predicted octanol–water partition coefficient (Wildman–Crippen LogP) is 2.10. The third-order valence-electron chi connectivity index (χ3n) is 4.53. The number of carboxylic acid groups (broad SMARTS) is 1. The first kappa shape index (κ1) is 14.1. The SMILES string of the molecule is CCOc1cncc(N2C(C(=O)O)CC3CCCCC32)n1. The second-order valence-corrected chi connectivity index (χ2v) is 5.76. The van der Waals surface area contributed by atoms with Crippen LogP contribution in [-0.4, -0.2) is 39.7 Å². The zero-order chi connectivity index (χ0) is 14.8. The molecule has 1 saturated heterocycles. The van der Waals surface area contributed by atoms with Gasteiger partial charge in [-0.2, -0.15) is 4.98 Å². The van der Waals surface area contributed by atoms with Crippen molar-refractivity contribution in [2.24, 2.45) is 5.92 Å². The van der Waals surface area contributed by atoms with Crippen molar-refractivity contribution in [1.29, 1.82) is 0 Å². The van der Waals surface area contributed by atoms with Crippen LogP contribution in [0.15, 0.2) is 12.4 Å². The monoisotopic (exact) mass is 291 g/mol. The number of carbonyl (C=O) groups is 1. The molecule has 2 heterocycles. The summed E-state index contributed by atoms with van der Waals surface area (Å²) in [5.74, 6) is 0.770. The highest BCUT2D eigenvalue weighted by Crippen LogP contribution is 2.41. The van der Waals surface area contributed by atoms with E-state index in [9.17, 15) is 9.90 Å². The lowest BCUT2D eigenvalue weighted by Gasteiger charge is -2.33. The minimum absolute atomic E-state index is 0.269. The van der Waals surface area contributed by atoms with E-state index in [-0.39, 0.29) is 6.04 Å². The van der Waals surface area contributed by atoms with Crippen molar-refractivity contribution in [2.45, 2.75) is 51.1 Å². The molecule has 6 nitrogen and oxygen atoms in total. The maximum absolute atomic E-state index is 11.6. The van der Waals surface area contributed by atoms with Gasteiger partial charge in [0.1, 0.15) is 6.04 Å². The number of rotatable bonds is 4. The highest BCUT2D eigenvalue weighted by molar-refractivity contribution is 5.79. The molecule has 0 spiro atoms. The fourth-order valence-electron chi connectivity index (χ4n) is 3.69. The molecule has 2 fully saturated rings. The predicted molar refractivity (Wildman–Crippen MR) is 77.5 cm³/mol. The van der Waals surface area contributed by atoms with Crippen molar-refractivity contribution < 1.29 is 14.6 Å². The zero-order valence-electron chi connectivity index (χ0n) is 12.2. The Balaban J connectivity index is 1.92. The average Bonchev–Trinajstić information content (AvgIpc) is 2.87. The minimum Gasteiger partial charge on any atom is -0.480 e. The molecule has 0 bridgehead atoms. The van der Waals surface area contributed by atoms with Crippen molar-refractivity contribution in [3.05, 3.63) is 12.4 Å². The van der Waals surface area contributed by atoms with E-state index in [2.05, 4.69) is 9.97 Å². The molecule has 114 valence electrons. The molecule has 1 aliphatic heterocycles. The van der Waals surface area contributed by atoms with Crippen LogP contribution in [-0.2, 0) is 4.79 Å². The molecule has 2 aliphatic rings. The lowest BCUT2D eigenvalue weighted by Crippen LogP contribution is -2.43. The number of hydrogen-bond donors (Lipinski definition) is 1. The van der Waals surface area contributed by atoms with Gasteiger partial charge in [0.25, 0.3) is 0 Å². The van der Waals surface area contributed by atoms with Crippen molar-refractivity contribution in [1.82, 2.24) is 9.97 Å². The Morgan fingerprint density at radius 1 is 1.43 bits per heavy atom. The fourth-order valence-corrected chi connectivity index (χ4v) is 3.69. The van der Waals surface area contributed by atoms with Crippen LogP contribution in [0.3, 0.4) is 0 Å². The molecule has 1 N–H and O–H groups in total. The van der Waals surface area contributed by atoms with Gasteiger partial charge >= 0.3 is 5.97 Å². The molecule has 0 amide bonds. The number of hydrogen-bond acceptors (Lipinski definition) is 5. The molecule has 21 heavy (non-hydrogen) atoms. The smallest absolute Gasteiger partial charge is 0.326 e. The van der Waals surface area contributed by atoms with Gasteiger partial charge in [-0.15, -0.1) is 0 Å². The van der Waals surface area contributed by atoms with Gasteiger partial charge in [-0.1, -0.05) is 12.8 Å². The highest BCUT2D eigenvalue weighted by atomic mass is 16.5. The molecule has 3 atom stereocenters. The van der Waals surface area contributed by atoms with Crippen LogP contribution in [0.4, 0.5) is 5.82 Å². The number of carboxylic acids is 1. The Hall–Kier alpha value is -1.85. The van der Waals surface area contributed by atoms with Crippen LogP contribution in [0.1, 0.15) is 39.0 Å². The maximum Gasteiger partial charge on any atom is 0.326 e. The summed E-state index contributed by atoms with van der Waals surface area (Å²) in [6, 6.07) is -0.227. The first-order valence-electron chi connectivity index (χ1n) is 7.66. The second kappa shape index (κ2) is 5.87. The fraction of sp³-hybridized carbons (Fsp3) is 0.667. The van der Waals surface area contributed by atoms with Crippen LogP contribution < -0.4 is 9.64 Å². The molecule has 1 aromatic rings. The van der Waals surface area contributed by atoms with Crippen LogP contribution in [0.2, 0.25) is 0 Å². The normalized spacial score (nSPS) is 28.2. The van der Waals surface area contributed by atoms with Crippen LogP contribution >= 0.6 is 0 Å². The largest absolute Gasteiger partial charge is 0.480 e. The summed E-state index contributed by atoms with van der Waals surface area (Å²) < 4.78 is 5.39. The summed E-state index contributed by atoms with van der Waals surface area (Å²) in [5.41, 5.74) is 0. The standard InChI is InChI=1S/C15H21N3O3/c1-2-21-14-9-16-8-13(17-14)18-11-6-4-3-5-10(11)7-12(18)15(19)20/h8-12H,2-7H2,1H3,(H,19,20). The quantitative estimate of drug-likeness (QED) is 0.915. The van der Waals surface area contributed by atoms with Crippen molar-refractivity contribution in [2.75, 3.05) is 11.5 Å². The highest BCUT2D eigenvalue weighted by Gasteiger charge is 2.46. The van der Waals surface area contributed by atoms with E-state index >= 15 is 0 Å². The number of ether oxygens (including phenoxy) is 1. The number of fused-ring (bicyclic) bond motifs is 1. The summed E-state index contributed by atoms with van der Waals surface area (Å²) in [6.45, 7) is 2.41. The van der Waals surface area contributed by atoms with E-state index in [0.29, 0.717) is 30.6 Å². The Labute approximate surface area is 124 Å². The average molecular weight is 291 g/mol. The van der Waals surface area contributed by atoms with Gasteiger partial charge in [-0.05, 0) is 32.1 Å². The molecule has 3 rings (SSSR count). The molecular weight excluding hydrogens is 270 g/mol. The van der Waals surface area contributed by atoms with Crippen LogP contribution in [0.5, 0.6) is 5.88 Å². The number of anilines is 1. The maximum atomic E-state index is 11.6. The summed E-state index contributed by atoms with van der Waals surface area (Å²) in [5, 5.41) is 9.54. The number of aliphatic carboxylic acids is 1. The van der Waals surface area contributed by atoms with Crippen LogP contribution in [0.25, 0.3) is 0 Å². The zero-order valence-corrected chi connectivity index (χ0v) is 12.2. The number of aromatic nitrogens is 2. The Kier molecular flexibility index (Phi) is 3.94. The van der Waals surface area contributed by atoms with E-state index in [1.165, 1.54) is 6.42 Å². The van der Waals surface area contributed by atoms with E-state index in [4.69, 9.17) is 4.74 Å². The molecule has 1 aliphatic carbocycles. The first-order chi connectivity index (χ1) is 10.2. The van der Waals surface area contributed by atoms with E-state index in [1.54, 1.807) is 12.4 Å². The lowest BCUT2D eigenvalue weighted by molar-refractivity contribution is -0.138. The lowest BCUT2D eigenvalue weighted by atomic mass is 9.85. The molecule has 1 aromatic heterocycles. The van der Waals surface area contributed by atoms with E-state index in [1.807, 2.05) is 11.8 Å². The van der Waals surface area contributed by atoms with E-state index in [0.717, 1.165) is 19.3 Å². The minimum atomic E-state index is -0.770. The van der Waals surface area contributed by atoms with Crippen molar-refractivity contribution >= 4 is 11.8 Å². The molecular formula is C15H21N3O3. The molecule has 0 radical (unpaired) electrons. The summed E-state index contributed by atoms with van der Waals surface area (Å²) in [7, 11) is 0. The molecule has 3 unspecified atom stereocenters. The van der Waals surface area contributed by atoms with Gasteiger partial charge in [0.05, 0.1) is 19.0 Å². The second-order valence-electron chi connectivity index (χ2n) is 5.76. The summed E-state index contributed by atoms with van der Waals surface area (Å²) in [6.07, 6.45) is 8.43. The Bertz CT molecular complexity index is 523. The Morgan fingerprint density at radius 3 is 3.00 bits per heavy atom. The molecule has 0 aromatic carbocycles. The Morgan fingerprint density at radius 2 is 2.24 bits per heavy atom. The van der Waals surface area contributed by atoms with Crippen molar-refractivity contribution in [3.8, 4) is 5.88 Å². The number of nitrogens with zero attached hydrogens (tertiary/aromatic N) is 3. The van der Waals surface area contributed by atoms with Crippen molar-refractivity contribution in [3.63, 3.8) is 0 Å².